The molecule has 0 saturated carbocycles. The van der Waals surface area contributed by atoms with Crippen molar-refractivity contribution in [1.29, 1.82) is 0 Å². The third-order valence-corrected chi connectivity index (χ3v) is 2.50. The van der Waals surface area contributed by atoms with Gasteiger partial charge < -0.3 is 10.6 Å². The van der Waals surface area contributed by atoms with Gasteiger partial charge in [0, 0.05) is 18.0 Å². The van der Waals surface area contributed by atoms with E-state index in [1.807, 2.05) is 0 Å². The van der Waals surface area contributed by atoms with Crippen molar-refractivity contribution in [2.45, 2.75) is 13.3 Å². The summed E-state index contributed by atoms with van der Waals surface area (Å²) < 4.78 is 0. The quantitative estimate of drug-likeness (QED) is 0.887. The molecule has 2 amide bonds. The van der Waals surface area contributed by atoms with Gasteiger partial charge in [-0.3, -0.25) is 4.79 Å². The van der Waals surface area contributed by atoms with Crippen LogP contribution in [0.2, 0.25) is 10.0 Å². The molecule has 0 bridgehead atoms. The maximum atomic E-state index is 11.4. The molecule has 4 nitrogen and oxygen atoms in total. The number of carbonyl (C=O) groups is 2. The van der Waals surface area contributed by atoms with Crippen molar-refractivity contribution in [3.63, 3.8) is 0 Å². The van der Waals surface area contributed by atoms with Crippen molar-refractivity contribution >= 4 is 40.7 Å². The van der Waals surface area contributed by atoms with Crippen LogP contribution in [0.4, 0.5) is 10.5 Å². The van der Waals surface area contributed by atoms with Crippen molar-refractivity contribution < 1.29 is 9.59 Å². The minimum atomic E-state index is -0.421. The van der Waals surface area contributed by atoms with E-state index < -0.39 is 6.03 Å². The van der Waals surface area contributed by atoms with E-state index in [0.717, 1.165) is 0 Å². The van der Waals surface area contributed by atoms with Crippen LogP contribution in [-0.4, -0.2) is 18.4 Å². The van der Waals surface area contributed by atoms with Crippen LogP contribution in [0.3, 0.4) is 0 Å². The second-order valence-electron chi connectivity index (χ2n) is 3.46. The zero-order valence-electron chi connectivity index (χ0n) is 9.22. The zero-order valence-corrected chi connectivity index (χ0v) is 10.7. The number of amides is 2. The molecule has 0 heterocycles. The van der Waals surface area contributed by atoms with Crippen LogP contribution in [0.15, 0.2) is 18.2 Å². The Morgan fingerprint density at radius 1 is 1.29 bits per heavy atom. The average molecular weight is 275 g/mol. The summed E-state index contributed by atoms with van der Waals surface area (Å²) in [5, 5.41) is 5.96. The molecular formula is C11H12Cl2N2O2. The van der Waals surface area contributed by atoms with Gasteiger partial charge in [-0.1, -0.05) is 23.2 Å². The molecule has 0 radical (unpaired) electrons. The highest BCUT2D eigenvalue weighted by atomic mass is 35.5. The Balaban J connectivity index is 2.50. The summed E-state index contributed by atoms with van der Waals surface area (Å²) in [7, 11) is 0. The number of benzene rings is 1. The van der Waals surface area contributed by atoms with E-state index in [0.29, 0.717) is 28.7 Å². The molecule has 0 saturated heterocycles. The number of ketones is 1. The standard InChI is InChI=1S/C11H12Cl2N2O2/c1-7(16)4-5-14-11(17)15-10-6-8(12)2-3-9(10)13/h2-3,6H,4-5H2,1H3,(H2,14,15,17). The van der Waals surface area contributed by atoms with Gasteiger partial charge in [0.2, 0.25) is 0 Å². The van der Waals surface area contributed by atoms with Gasteiger partial charge in [-0.05, 0) is 25.1 Å². The van der Waals surface area contributed by atoms with Crippen molar-refractivity contribution in [3.05, 3.63) is 28.2 Å². The minimum absolute atomic E-state index is 0.0195. The van der Waals surface area contributed by atoms with Gasteiger partial charge >= 0.3 is 6.03 Å². The third-order valence-electron chi connectivity index (χ3n) is 1.94. The number of rotatable bonds is 4. The molecule has 1 rings (SSSR count). The lowest BCUT2D eigenvalue weighted by Gasteiger charge is -2.08. The molecule has 0 aliphatic carbocycles. The van der Waals surface area contributed by atoms with Crippen molar-refractivity contribution in [3.8, 4) is 0 Å². The number of nitrogens with one attached hydrogen (secondary N) is 2. The highest BCUT2D eigenvalue weighted by Gasteiger charge is 2.06. The molecule has 0 unspecified atom stereocenters. The number of hydrogen-bond donors (Lipinski definition) is 2. The molecule has 0 fully saturated rings. The van der Waals surface area contributed by atoms with E-state index in [2.05, 4.69) is 10.6 Å². The number of hydrogen-bond acceptors (Lipinski definition) is 2. The van der Waals surface area contributed by atoms with E-state index in [1.54, 1.807) is 18.2 Å². The first kappa shape index (κ1) is 13.8. The highest BCUT2D eigenvalue weighted by molar-refractivity contribution is 6.35. The largest absolute Gasteiger partial charge is 0.337 e. The summed E-state index contributed by atoms with van der Waals surface area (Å²) >= 11 is 11.6. The second kappa shape index (κ2) is 6.47. The topological polar surface area (TPSA) is 58.2 Å². The summed E-state index contributed by atoms with van der Waals surface area (Å²) in [6.07, 6.45) is 0.302. The molecule has 17 heavy (non-hydrogen) atoms. The Morgan fingerprint density at radius 2 is 2.00 bits per heavy atom. The van der Waals surface area contributed by atoms with E-state index in [-0.39, 0.29) is 5.78 Å². The number of urea groups is 1. The summed E-state index contributed by atoms with van der Waals surface area (Å²) in [5.41, 5.74) is 0.430. The van der Waals surface area contributed by atoms with Crippen molar-refractivity contribution in [2.75, 3.05) is 11.9 Å². The van der Waals surface area contributed by atoms with Gasteiger partial charge in [0.05, 0.1) is 10.7 Å². The Morgan fingerprint density at radius 3 is 2.65 bits per heavy atom. The van der Waals surface area contributed by atoms with Crippen LogP contribution < -0.4 is 10.6 Å². The van der Waals surface area contributed by atoms with E-state index >= 15 is 0 Å². The lowest BCUT2D eigenvalue weighted by molar-refractivity contribution is -0.116. The van der Waals surface area contributed by atoms with E-state index in [4.69, 9.17) is 23.2 Å². The predicted octanol–water partition coefficient (Wildman–Crippen LogP) is 3.09. The third kappa shape index (κ3) is 5.06. The van der Waals surface area contributed by atoms with Crippen LogP contribution in [0.25, 0.3) is 0 Å². The Bertz CT molecular complexity index is 435. The van der Waals surface area contributed by atoms with E-state index in [1.165, 1.54) is 6.92 Å². The minimum Gasteiger partial charge on any atom is -0.337 e. The van der Waals surface area contributed by atoms with Crippen LogP contribution in [0.5, 0.6) is 0 Å². The second-order valence-corrected chi connectivity index (χ2v) is 4.30. The molecular weight excluding hydrogens is 263 g/mol. The van der Waals surface area contributed by atoms with Crippen LogP contribution in [-0.2, 0) is 4.79 Å². The smallest absolute Gasteiger partial charge is 0.319 e. The SMILES string of the molecule is CC(=O)CCNC(=O)Nc1cc(Cl)ccc1Cl. The summed E-state index contributed by atoms with van der Waals surface area (Å²) in [4.78, 5) is 22.1. The maximum Gasteiger partial charge on any atom is 0.319 e. The molecule has 0 spiro atoms. The van der Waals surface area contributed by atoms with Crippen molar-refractivity contribution in [1.82, 2.24) is 5.32 Å². The molecule has 0 aliphatic heterocycles. The Labute approximate surface area is 109 Å². The first-order chi connectivity index (χ1) is 7.99. The van der Waals surface area contributed by atoms with Crippen LogP contribution in [0, 0.1) is 0 Å². The number of carbonyl (C=O) groups excluding carboxylic acids is 2. The van der Waals surface area contributed by atoms with E-state index in [9.17, 15) is 9.59 Å². The fourth-order valence-corrected chi connectivity index (χ4v) is 1.45. The predicted molar refractivity (Wildman–Crippen MR) is 68.8 cm³/mol. The normalized spacial score (nSPS) is 9.82. The van der Waals surface area contributed by atoms with Gasteiger partial charge in [-0.25, -0.2) is 4.79 Å². The monoisotopic (exact) mass is 274 g/mol. The Kier molecular flexibility index (Phi) is 5.25. The number of anilines is 1. The molecule has 1 aromatic rings. The number of halogens is 2. The summed E-state index contributed by atoms with van der Waals surface area (Å²) in [6.45, 7) is 1.76. The molecule has 92 valence electrons. The average Bonchev–Trinajstić information content (AvgIpc) is 2.23. The lowest BCUT2D eigenvalue weighted by atomic mass is 10.3. The summed E-state index contributed by atoms with van der Waals surface area (Å²) in [6, 6.07) is 4.35. The molecule has 0 aromatic heterocycles. The number of Topliss-reactive ketones (excluding diaryl/α,β-unsaturated/α-hetero) is 1. The lowest BCUT2D eigenvalue weighted by Crippen LogP contribution is -2.30. The molecule has 6 heteroatoms. The highest BCUT2D eigenvalue weighted by Crippen LogP contribution is 2.25. The van der Waals surface area contributed by atoms with Gasteiger partial charge in [0.1, 0.15) is 5.78 Å². The fraction of sp³-hybridized carbons (Fsp3) is 0.273. The first-order valence-corrected chi connectivity index (χ1v) is 5.74. The van der Waals surface area contributed by atoms with Crippen LogP contribution >= 0.6 is 23.2 Å². The fourth-order valence-electron chi connectivity index (χ4n) is 1.11. The molecule has 2 N–H and O–H groups in total. The van der Waals surface area contributed by atoms with Gasteiger partial charge in [-0.2, -0.15) is 0 Å². The molecule has 0 aliphatic rings. The van der Waals surface area contributed by atoms with Gasteiger partial charge in [0.25, 0.3) is 0 Å². The van der Waals surface area contributed by atoms with Gasteiger partial charge in [0.15, 0.2) is 0 Å². The first-order valence-electron chi connectivity index (χ1n) is 4.98. The maximum absolute atomic E-state index is 11.4. The van der Waals surface area contributed by atoms with Gasteiger partial charge in [-0.15, -0.1) is 0 Å². The Hall–Kier alpha value is -1.26. The van der Waals surface area contributed by atoms with Crippen LogP contribution in [0.1, 0.15) is 13.3 Å². The zero-order chi connectivity index (χ0) is 12.8. The molecule has 1 aromatic carbocycles. The van der Waals surface area contributed by atoms with Crippen molar-refractivity contribution in [2.24, 2.45) is 0 Å². The summed E-state index contributed by atoms with van der Waals surface area (Å²) in [5.74, 6) is 0.0195. The molecule has 0 atom stereocenters.